The van der Waals surface area contributed by atoms with Crippen LogP contribution in [0.4, 0.5) is 22.7 Å². The largest absolute Gasteiger partial charge is 0.453 e. The van der Waals surface area contributed by atoms with E-state index in [9.17, 15) is 0 Å². The van der Waals surface area contributed by atoms with Crippen LogP contribution in [0, 0.1) is 0 Å². The number of anilines is 4. The summed E-state index contributed by atoms with van der Waals surface area (Å²) in [6, 6.07) is 34.7. The topological polar surface area (TPSA) is 55.5 Å². The maximum absolute atomic E-state index is 6.49. The number of rotatable bonds is 2. The molecule has 1 aliphatic carbocycles. The van der Waals surface area contributed by atoms with Gasteiger partial charge in [-0.1, -0.05) is 48.5 Å². The summed E-state index contributed by atoms with van der Waals surface area (Å²) in [6.07, 6.45) is 11.0. The smallest absolute Gasteiger partial charge is 0.151 e. The quantitative estimate of drug-likeness (QED) is 0.277. The highest BCUT2D eigenvalue weighted by molar-refractivity contribution is 5.80. The van der Waals surface area contributed by atoms with E-state index in [-0.39, 0.29) is 36.5 Å². The fourth-order valence-corrected chi connectivity index (χ4v) is 8.49. The summed E-state index contributed by atoms with van der Waals surface area (Å²) < 4.78 is 12.9. The summed E-state index contributed by atoms with van der Waals surface area (Å²) >= 11 is 0. The zero-order valence-electron chi connectivity index (χ0n) is 24.0. The van der Waals surface area contributed by atoms with Crippen molar-refractivity contribution in [3.63, 3.8) is 0 Å². The lowest BCUT2D eigenvalue weighted by Crippen LogP contribution is -2.75. The van der Waals surface area contributed by atoms with Crippen LogP contribution in [-0.4, -0.2) is 46.3 Å². The number of nitrogens with zero attached hydrogens (tertiary/aromatic N) is 4. The number of nitrogens with one attached hydrogen (secondary N) is 2. The van der Waals surface area contributed by atoms with Crippen LogP contribution in [0.25, 0.3) is 0 Å². The molecule has 44 heavy (non-hydrogen) atoms. The number of benzene rings is 4. The molecule has 4 aromatic carbocycles. The Morgan fingerprint density at radius 1 is 0.500 bits per heavy atom. The van der Waals surface area contributed by atoms with Crippen LogP contribution in [0.15, 0.2) is 122 Å². The first-order valence-corrected chi connectivity index (χ1v) is 15.5. The van der Waals surface area contributed by atoms with Gasteiger partial charge >= 0.3 is 0 Å². The van der Waals surface area contributed by atoms with E-state index in [1.165, 1.54) is 0 Å². The van der Waals surface area contributed by atoms with Gasteiger partial charge in [0.05, 0.1) is 40.9 Å². The molecular formula is C36H32N6O2. The lowest BCUT2D eigenvalue weighted by atomic mass is 9.76. The van der Waals surface area contributed by atoms with Crippen molar-refractivity contribution in [2.45, 2.75) is 49.3 Å². The first-order valence-electron chi connectivity index (χ1n) is 15.5. The van der Waals surface area contributed by atoms with Crippen molar-refractivity contribution in [1.29, 1.82) is 0 Å². The van der Waals surface area contributed by atoms with Gasteiger partial charge in [-0.15, -0.1) is 0 Å². The van der Waals surface area contributed by atoms with Gasteiger partial charge in [0.25, 0.3) is 0 Å². The van der Waals surface area contributed by atoms with Crippen LogP contribution < -0.4 is 29.9 Å². The maximum Gasteiger partial charge on any atom is 0.151 e. The van der Waals surface area contributed by atoms with Crippen molar-refractivity contribution in [3.8, 4) is 23.0 Å². The molecule has 1 saturated heterocycles. The van der Waals surface area contributed by atoms with E-state index >= 15 is 0 Å². The van der Waals surface area contributed by atoms with Crippen LogP contribution in [0.1, 0.15) is 12.8 Å². The third-order valence-corrected chi connectivity index (χ3v) is 10.1. The molecule has 4 aromatic rings. The monoisotopic (exact) mass is 580 g/mol. The highest BCUT2D eigenvalue weighted by Crippen LogP contribution is 2.54. The predicted octanol–water partition coefficient (Wildman–Crippen LogP) is 6.56. The van der Waals surface area contributed by atoms with Gasteiger partial charge in [-0.05, 0) is 61.4 Å². The second-order valence-corrected chi connectivity index (χ2v) is 12.3. The number of hydrogen-bond acceptors (Lipinski definition) is 8. The molecule has 0 amide bonds. The molecule has 6 atom stereocenters. The molecule has 10 rings (SSSR count). The highest BCUT2D eigenvalue weighted by atomic mass is 16.5. The Morgan fingerprint density at radius 2 is 0.932 bits per heavy atom. The Hall–Kier alpha value is -5.24. The summed E-state index contributed by atoms with van der Waals surface area (Å²) in [4.78, 5) is 10.3. The Kier molecular flexibility index (Phi) is 5.03. The Balaban J connectivity index is 1.17. The second-order valence-electron chi connectivity index (χ2n) is 12.3. The van der Waals surface area contributed by atoms with Gasteiger partial charge in [-0.3, -0.25) is 0 Å². The van der Waals surface area contributed by atoms with Gasteiger partial charge in [0.2, 0.25) is 0 Å². The van der Waals surface area contributed by atoms with Crippen molar-refractivity contribution >= 4 is 22.7 Å². The van der Waals surface area contributed by atoms with Gasteiger partial charge in [0.15, 0.2) is 23.0 Å². The molecule has 8 nitrogen and oxygen atoms in total. The van der Waals surface area contributed by atoms with Gasteiger partial charge in [-0.25, -0.2) is 0 Å². The molecule has 218 valence electrons. The molecule has 6 aliphatic rings. The highest BCUT2D eigenvalue weighted by Gasteiger charge is 2.56. The summed E-state index contributed by atoms with van der Waals surface area (Å²) in [7, 11) is 0. The molecule has 6 unspecified atom stereocenters. The minimum atomic E-state index is 0.133. The third-order valence-electron chi connectivity index (χ3n) is 10.1. The molecule has 5 heterocycles. The normalized spacial score (nSPS) is 28.2. The number of piperazine rings is 1. The zero-order chi connectivity index (χ0) is 28.8. The lowest BCUT2D eigenvalue weighted by molar-refractivity contribution is -0.0399. The fourth-order valence-electron chi connectivity index (χ4n) is 8.49. The minimum Gasteiger partial charge on any atom is -0.453 e. The van der Waals surface area contributed by atoms with E-state index in [4.69, 9.17) is 9.47 Å². The fraction of sp³-hybridized carbons (Fsp3) is 0.222. The number of hydrogen-bond donors (Lipinski definition) is 2. The van der Waals surface area contributed by atoms with Gasteiger partial charge in [-0.2, -0.15) is 0 Å². The van der Waals surface area contributed by atoms with E-state index in [0.717, 1.165) is 58.6 Å². The van der Waals surface area contributed by atoms with Crippen LogP contribution in [0.5, 0.6) is 23.0 Å². The van der Waals surface area contributed by atoms with Crippen LogP contribution in [0.2, 0.25) is 0 Å². The summed E-state index contributed by atoms with van der Waals surface area (Å²) in [5, 5.41) is 7.30. The van der Waals surface area contributed by atoms with Crippen molar-refractivity contribution in [1.82, 2.24) is 20.4 Å². The summed E-state index contributed by atoms with van der Waals surface area (Å²) in [5.74, 6) is 3.61. The van der Waals surface area contributed by atoms with Crippen molar-refractivity contribution < 1.29 is 9.47 Å². The molecule has 1 saturated carbocycles. The van der Waals surface area contributed by atoms with Crippen molar-refractivity contribution in [3.05, 3.63) is 122 Å². The first kappa shape index (κ1) is 24.2. The van der Waals surface area contributed by atoms with E-state index in [0.29, 0.717) is 0 Å². The zero-order valence-corrected chi connectivity index (χ0v) is 24.0. The lowest BCUT2D eigenvalue weighted by Gasteiger charge is -2.60. The minimum absolute atomic E-state index is 0.133. The number of fused-ring (bicyclic) bond motifs is 10. The standard InChI is InChI=1S/C36H32N6O2/c1-5-13-30-24(9-1)41(25-10-2-6-14-31(25)43-30)23-21-28-34(40-20-18-38-36(40)35-37-17-19-39(28)35)29(22-23)42-26-11-3-7-15-32(26)44-33-16-8-4-12-27(33)42/h1-20,23,28-29,34-38H,21-22H2. The first-order chi connectivity index (χ1) is 21.8. The summed E-state index contributed by atoms with van der Waals surface area (Å²) in [5.41, 5.74) is 4.48. The molecule has 0 radical (unpaired) electrons. The van der Waals surface area contributed by atoms with Crippen LogP contribution >= 0.6 is 0 Å². The van der Waals surface area contributed by atoms with Crippen LogP contribution in [-0.2, 0) is 0 Å². The van der Waals surface area contributed by atoms with Crippen molar-refractivity contribution in [2.24, 2.45) is 0 Å². The third kappa shape index (κ3) is 3.33. The molecular weight excluding hydrogens is 548 g/mol. The average Bonchev–Trinajstić information content (AvgIpc) is 3.76. The van der Waals surface area contributed by atoms with E-state index in [1.54, 1.807) is 0 Å². The second kappa shape index (κ2) is 9.13. The molecule has 5 aliphatic heterocycles. The SMILES string of the molecule is C1=CN2C3CC(N4c5ccccc5Oc5ccccc54)CC(N4c5ccccc5Oc5ccccc54)C3N3C=CNC3C2N1. The Morgan fingerprint density at radius 3 is 1.48 bits per heavy atom. The Bertz CT molecular complexity index is 1750. The van der Waals surface area contributed by atoms with E-state index < -0.39 is 0 Å². The van der Waals surface area contributed by atoms with E-state index in [1.807, 2.05) is 0 Å². The molecule has 8 heteroatoms. The molecule has 2 fully saturated rings. The average molecular weight is 581 g/mol. The molecule has 2 N–H and O–H groups in total. The predicted molar refractivity (Wildman–Crippen MR) is 170 cm³/mol. The van der Waals surface area contributed by atoms with E-state index in [2.05, 4.69) is 152 Å². The molecule has 0 bridgehead atoms. The maximum atomic E-state index is 6.49. The van der Waals surface area contributed by atoms with Gasteiger partial charge < -0.3 is 39.7 Å². The van der Waals surface area contributed by atoms with Gasteiger partial charge in [0.1, 0.15) is 12.3 Å². The van der Waals surface area contributed by atoms with Crippen molar-refractivity contribution in [2.75, 3.05) is 9.80 Å². The molecule has 0 aromatic heterocycles. The van der Waals surface area contributed by atoms with Gasteiger partial charge in [0, 0.05) is 30.8 Å². The molecule has 0 spiro atoms. The summed E-state index contributed by atoms with van der Waals surface area (Å²) in [6.45, 7) is 0. The van der Waals surface area contributed by atoms with Crippen LogP contribution in [0.3, 0.4) is 0 Å². The Labute approximate surface area is 256 Å². The number of ether oxygens (including phenoxy) is 2. The number of para-hydroxylation sites is 8.